The SMILES string of the molecule is O=C(CCn1ccnc1)N1CCOC[C@@H]1CCc1cnccn1. The van der Waals surface area contributed by atoms with Crippen molar-refractivity contribution in [3.8, 4) is 0 Å². The highest BCUT2D eigenvalue weighted by atomic mass is 16.5. The second-order valence-electron chi connectivity index (χ2n) is 5.60. The standard InChI is InChI=1S/C16H21N5O2/c22-16(3-7-20-8-6-18-13-20)21-9-10-23-12-15(21)2-1-14-11-17-4-5-19-14/h4-6,8,11,13,15H,1-3,7,9-10,12H2/t15-/m0/s1. The van der Waals surface area contributed by atoms with Crippen molar-refractivity contribution in [3.63, 3.8) is 0 Å². The summed E-state index contributed by atoms with van der Waals surface area (Å²) in [5, 5.41) is 0. The fourth-order valence-corrected chi connectivity index (χ4v) is 2.78. The molecular weight excluding hydrogens is 294 g/mol. The Morgan fingerprint density at radius 3 is 3.04 bits per heavy atom. The number of amides is 1. The van der Waals surface area contributed by atoms with Gasteiger partial charge in [-0.05, 0) is 12.8 Å². The quantitative estimate of drug-likeness (QED) is 0.792. The molecule has 1 amide bonds. The summed E-state index contributed by atoms with van der Waals surface area (Å²) >= 11 is 0. The van der Waals surface area contributed by atoms with Crippen LogP contribution in [0.4, 0.5) is 0 Å². The smallest absolute Gasteiger partial charge is 0.224 e. The lowest BCUT2D eigenvalue weighted by molar-refractivity contribution is -0.140. The number of morpholine rings is 1. The van der Waals surface area contributed by atoms with Crippen LogP contribution in [-0.4, -0.2) is 56.1 Å². The lowest BCUT2D eigenvalue weighted by Gasteiger charge is -2.35. The minimum Gasteiger partial charge on any atom is -0.377 e. The summed E-state index contributed by atoms with van der Waals surface area (Å²) in [4.78, 5) is 26.8. The monoisotopic (exact) mass is 315 g/mol. The molecule has 0 aliphatic carbocycles. The number of rotatable bonds is 6. The maximum absolute atomic E-state index is 12.5. The number of aryl methyl sites for hydroxylation is 2. The van der Waals surface area contributed by atoms with Gasteiger partial charge in [-0.1, -0.05) is 0 Å². The molecule has 0 unspecified atom stereocenters. The molecule has 2 aromatic heterocycles. The van der Waals surface area contributed by atoms with Crippen molar-refractivity contribution in [2.45, 2.75) is 31.8 Å². The second-order valence-corrected chi connectivity index (χ2v) is 5.60. The first kappa shape index (κ1) is 15.6. The zero-order valence-electron chi connectivity index (χ0n) is 13.0. The number of hydrogen-bond donors (Lipinski definition) is 0. The molecule has 23 heavy (non-hydrogen) atoms. The molecule has 7 heteroatoms. The molecule has 1 aliphatic heterocycles. The van der Waals surface area contributed by atoms with Crippen LogP contribution in [0.15, 0.2) is 37.3 Å². The van der Waals surface area contributed by atoms with Crippen LogP contribution in [0.1, 0.15) is 18.5 Å². The highest BCUT2D eigenvalue weighted by molar-refractivity contribution is 5.76. The van der Waals surface area contributed by atoms with Gasteiger partial charge in [-0.25, -0.2) is 4.98 Å². The third-order valence-electron chi connectivity index (χ3n) is 4.04. The Morgan fingerprint density at radius 1 is 1.30 bits per heavy atom. The van der Waals surface area contributed by atoms with Crippen LogP contribution in [0.25, 0.3) is 0 Å². The molecule has 2 aromatic rings. The molecule has 0 aromatic carbocycles. The van der Waals surface area contributed by atoms with E-state index in [1.165, 1.54) is 0 Å². The van der Waals surface area contributed by atoms with Crippen molar-refractivity contribution in [1.29, 1.82) is 0 Å². The van der Waals surface area contributed by atoms with E-state index >= 15 is 0 Å². The molecule has 122 valence electrons. The first-order valence-electron chi connectivity index (χ1n) is 7.91. The number of ether oxygens (including phenoxy) is 1. The van der Waals surface area contributed by atoms with E-state index < -0.39 is 0 Å². The fraction of sp³-hybridized carbons (Fsp3) is 0.500. The van der Waals surface area contributed by atoms with Gasteiger partial charge in [0.25, 0.3) is 0 Å². The van der Waals surface area contributed by atoms with E-state index in [1.807, 2.05) is 15.7 Å². The van der Waals surface area contributed by atoms with E-state index in [0.717, 1.165) is 18.5 Å². The van der Waals surface area contributed by atoms with Crippen LogP contribution in [-0.2, 0) is 22.5 Å². The Morgan fingerprint density at radius 2 is 2.26 bits per heavy atom. The summed E-state index contributed by atoms with van der Waals surface area (Å²) in [5.74, 6) is 0.172. The maximum atomic E-state index is 12.5. The van der Waals surface area contributed by atoms with Crippen LogP contribution in [0, 0.1) is 0 Å². The highest BCUT2D eigenvalue weighted by Crippen LogP contribution is 2.14. The molecule has 0 bridgehead atoms. The predicted molar refractivity (Wildman–Crippen MR) is 83.5 cm³/mol. The van der Waals surface area contributed by atoms with Gasteiger partial charge in [0, 0.05) is 50.5 Å². The van der Waals surface area contributed by atoms with Crippen molar-refractivity contribution in [3.05, 3.63) is 43.0 Å². The average molecular weight is 315 g/mol. The van der Waals surface area contributed by atoms with Crippen molar-refractivity contribution >= 4 is 5.91 Å². The minimum atomic E-state index is 0.112. The summed E-state index contributed by atoms with van der Waals surface area (Å²) < 4.78 is 7.48. The lowest BCUT2D eigenvalue weighted by Crippen LogP contribution is -2.49. The summed E-state index contributed by atoms with van der Waals surface area (Å²) in [6, 6.07) is 0.112. The second kappa shape index (κ2) is 7.82. The average Bonchev–Trinajstić information content (AvgIpc) is 3.12. The van der Waals surface area contributed by atoms with E-state index in [9.17, 15) is 4.79 Å². The molecule has 1 fully saturated rings. The number of imidazole rings is 1. The van der Waals surface area contributed by atoms with E-state index in [-0.39, 0.29) is 11.9 Å². The molecule has 0 radical (unpaired) electrons. The van der Waals surface area contributed by atoms with E-state index in [1.54, 1.807) is 31.1 Å². The third-order valence-corrected chi connectivity index (χ3v) is 4.04. The molecular formula is C16H21N5O2. The molecule has 1 aliphatic rings. The molecule has 1 atom stereocenters. The molecule has 0 saturated carbocycles. The van der Waals surface area contributed by atoms with Crippen molar-refractivity contribution in [2.24, 2.45) is 0 Å². The molecule has 3 rings (SSSR count). The molecule has 7 nitrogen and oxygen atoms in total. The van der Waals surface area contributed by atoms with Crippen molar-refractivity contribution in [1.82, 2.24) is 24.4 Å². The summed E-state index contributed by atoms with van der Waals surface area (Å²) in [6.45, 7) is 2.52. The Kier molecular flexibility index (Phi) is 5.31. The van der Waals surface area contributed by atoms with E-state index in [2.05, 4.69) is 15.0 Å². The molecule has 3 heterocycles. The number of carbonyl (C=O) groups excluding carboxylic acids is 1. The van der Waals surface area contributed by atoms with Gasteiger partial charge in [-0.2, -0.15) is 0 Å². The van der Waals surface area contributed by atoms with Crippen molar-refractivity contribution < 1.29 is 9.53 Å². The Hall–Kier alpha value is -2.28. The summed E-state index contributed by atoms with van der Waals surface area (Å²) in [5.41, 5.74) is 0.948. The normalized spacial score (nSPS) is 18.1. The van der Waals surface area contributed by atoms with E-state index in [4.69, 9.17) is 4.74 Å². The topological polar surface area (TPSA) is 73.1 Å². The largest absolute Gasteiger partial charge is 0.377 e. The van der Waals surface area contributed by atoms with Crippen LogP contribution in [0.3, 0.4) is 0 Å². The van der Waals surface area contributed by atoms with Crippen LogP contribution in [0.2, 0.25) is 0 Å². The number of aromatic nitrogens is 4. The maximum Gasteiger partial charge on any atom is 0.224 e. The van der Waals surface area contributed by atoms with Crippen LogP contribution in [0.5, 0.6) is 0 Å². The summed E-state index contributed by atoms with van der Waals surface area (Å²) in [7, 11) is 0. The lowest BCUT2D eigenvalue weighted by atomic mass is 10.1. The van der Waals surface area contributed by atoms with Gasteiger partial charge in [0.05, 0.1) is 31.3 Å². The van der Waals surface area contributed by atoms with Crippen molar-refractivity contribution in [2.75, 3.05) is 19.8 Å². The fourth-order valence-electron chi connectivity index (χ4n) is 2.78. The van der Waals surface area contributed by atoms with Gasteiger partial charge < -0.3 is 14.2 Å². The Labute approximate surface area is 135 Å². The zero-order chi connectivity index (χ0) is 15.9. The summed E-state index contributed by atoms with van der Waals surface area (Å²) in [6.07, 6.45) is 12.6. The molecule has 1 saturated heterocycles. The van der Waals surface area contributed by atoms with Gasteiger partial charge in [0.1, 0.15) is 0 Å². The van der Waals surface area contributed by atoms with Gasteiger partial charge in [0.15, 0.2) is 0 Å². The highest BCUT2D eigenvalue weighted by Gasteiger charge is 2.26. The van der Waals surface area contributed by atoms with Crippen LogP contribution >= 0.6 is 0 Å². The minimum absolute atomic E-state index is 0.112. The van der Waals surface area contributed by atoms with Gasteiger partial charge >= 0.3 is 0 Å². The van der Waals surface area contributed by atoms with Gasteiger partial charge in [0.2, 0.25) is 5.91 Å². The van der Waals surface area contributed by atoms with Gasteiger partial charge in [-0.15, -0.1) is 0 Å². The van der Waals surface area contributed by atoms with E-state index in [0.29, 0.717) is 32.7 Å². The molecule has 0 N–H and O–H groups in total. The number of nitrogens with zero attached hydrogens (tertiary/aromatic N) is 5. The number of carbonyl (C=O) groups is 1. The van der Waals surface area contributed by atoms with Gasteiger partial charge in [-0.3, -0.25) is 14.8 Å². The van der Waals surface area contributed by atoms with Crippen LogP contribution < -0.4 is 0 Å². The Bertz CT molecular complexity index is 602. The molecule has 0 spiro atoms. The first-order valence-corrected chi connectivity index (χ1v) is 7.91. The first-order chi connectivity index (χ1) is 11.3. The predicted octanol–water partition coefficient (Wildman–Crippen LogP) is 0.923. The zero-order valence-corrected chi connectivity index (χ0v) is 13.0. The third kappa shape index (κ3) is 4.35. The Balaban J connectivity index is 1.53. The number of hydrogen-bond acceptors (Lipinski definition) is 5.